The van der Waals surface area contributed by atoms with E-state index in [2.05, 4.69) is 145 Å². The van der Waals surface area contributed by atoms with Gasteiger partial charge >= 0.3 is 0 Å². The molecule has 8 aromatic carbocycles. The first-order valence-electron chi connectivity index (χ1n) is 18.6. The number of para-hydroxylation sites is 4. The quantitative estimate of drug-likeness (QED) is 0.167. The molecule has 0 fully saturated rings. The minimum atomic E-state index is 0.489. The fourth-order valence-electron chi connectivity index (χ4n) is 8.81. The van der Waals surface area contributed by atoms with E-state index in [0.717, 1.165) is 82.8 Å². The lowest BCUT2D eigenvalue weighted by molar-refractivity contribution is 1.15. The summed E-state index contributed by atoms with van der Waals surface area (Å²) < 4.78 is 6.75. The summed E-state index contributed by atoms with van der Waals surface area (Å²) in [5.74, 6) is 0. The zero-order valence-electron chi connectivity index (χ0n) is 30.3. The van der Waals surface area contributed by atoms with Gasteiger partial charge in [0.25, 0.3) is 0 Å². The highest BCUT2D eigenvalue weighted by atomic mass is 15.0. The molecule has 11 aromatic rings. The lowest BCUT2D eigenvalue weighted by atomic mass is 10.0. The zero-order valence-corrected chi connectivity index (χ0v) is 30.3. The van der Waals surface area contributed by atoms with Crippen molar-refractivity contribution in [2.45, 2.75) is 0 Å². The summed E-state index contributed by atoms with van der Waals surface area (Å²) in [5, 5.41) is 17.1. The Kier molecular flexibility index (Phi) is 6.95. The van der Waals surface area contributed by atoms with Crippen LogP contribution in [0.3, 0.4) is 0 Å². The number of hydrogen-bond donors (Lipinski definition) is 0. The minimum absolute atomic E-state index is 0.489. The monoisotopic (exact) mass is 724 g/mol. The van der Waals surface area contributed by atoms with E-state index in [-0.39, 0.29) is 0 Å². The Balaban J connectivity index is 1.15. The third kappa shape index (κ3) is 4.81. The van der Waals surface area contributed by atoms with Crippen molar-refractivity contribution in [1.29, 1.82) is 5.26 Å². The Bertz CT molecular complexity index is 3580. The molecule has 0 atom stereocenters. The molecule has 6 heteroatoms. The maximum Gasteiger partial charge on any atom is 0.189 e. The molecule has 0 aliphatic heterocycles. The van der Waals surface area contributed by atoms with Gasteiger partial charge in [0, 0.05) is 44.0 Å². The van der Waals surface area contributed by atoms with E-state index in [4.69, 9.17) is 13.1 Å². The number of nitrogens with zero attached hydrogens (tertiary/aromatic N) is 6. The van der Waals surface area contributed by atoms with Gasteiger partial charge in [-0.1, -0.05) is 84.9 Å². The third-order valence-electron chi connectivity index (χ3n) is 11.2. The minimum Gasteiger partial charge on any atom is -0.311 e. The molecule has 0 N–H and O–H groups in total. The standard InChI is InChI=1S/C51H28N6/c1-53-35-19-22-50-45(29-35)43-14-6-10-18-49(43)56(50)39-27-34(25-36(28-39)54-2)33-23-32(31-52)24-38(26-33)57-48-17-9-5-13-42(48)44-21-20-37(30-51(44)57)55-46-15-7-3-11-40(46)41-12-4-8-16-47(41)55/h3-30H. The number of fused-ring (bicyclic) bond motifs is 9. The normalized spacial score (nSPS) is 11.5. The van der Waals surface area contributed by atoms with Crippen LogP contribution in [0.5, 0.6) is 0 Å². The van der Waals surface area contributed by atoms with Crippen LogP contribution in [-0.2, 0) is 0 Å². The predicted octanol–water partition coefficient (Wildman–Crippen LogP) is 13.6. The molecule has 0 amide bonds. The summed E-state index contributed by atoms with van der Waals surface area (Å²) in [6, 6.07) is 60.4. The van der Waals surface area contributed by atoms with E-state index in [9.17, 15) is 5.26 Å². The number of rotatable bonds is 4. The van der Waals surface area contributed by atoms with Gasteiger partial charge in [-0.05, 0) is 101 Å². The molecule has 0 radical (unpaired) electrons. The number of nitriles is 1. The van der Waals surface area contributed by atoms with E-state index >= 15 is 0 Å². The summed E-state index contributed by atoms with van der Waals surface area (Å²) in [7, 11) is 0. The van der Waals surface area contributed by atoms with Crippen molar-refractivity contribution in [3.63, 3.8) is 0 Å². The van der Waals surface area contributed by atoms with E-state index < -0.39 is 0 Å². The Morgan fingerprint density at radius 2 is 0.842 bits per heavy atom. The average Bonchev–Trinajstić information content (AvgIpc) is 3.91. The van der Waals surface area contributed by atoms with Gasteiger partial charge in [0.1, 0.15) is 0 Å². The zero-order chi connectivity index (χ0) is 38.2. The molecular weight excluding hydrogens is 697 g/mol. The lowest BCUT2D eigenvalue weighted by Crippen LogP contribution is -1.98. The van der Waals surface area contributed by atoms with Gasteiger partial charge < -0.3 is 13.7 Å². The van der Waals surface area contributed by atoms with Gasteiger partial charge in [-0.25, -0.2) is 9.69 Å². The van der Waals surface area contributed by atoms with Gasteiger partial charge in [-0.3, -0.25) is 0 Å². The second kappa shape index (κ2) is 12.3. The Morgan fingerprint density at radius 1 is 0.368 bits per heavy atom. The summed E-state index contributed by atoms with van der Waals surface area (Å²) in [6.45, 7) is 15.7. The molecular formula is C51H28N6. The van der Waals surface area contributed by atoms with Crippen molar-refractivity contribution < 1.29 is 0 Å². The Hall–Kier alpha value is -8.37. The first-order chi connectivity index (χ1) is 28.1. The second-order valence-corrected chi connectivity index (χ2v) is 14.3. The molecule has 0 aliphatic carbocycles. The highest BCUT2D eigenvalue weighted by molar-refractivity contribution is 6.13. The largest absolute Gasteiger partial charge is 0.311 e. The Morgan fingerprint density at radius 3 is 1.42 bits per heavy atom. The van der Waals surface area contributed by atoms with Crippen LogP contribution in [0.15, 0.2) is 170 Å². The van der Waals surface area contributed by atoms with Crippen molar-refractivity contribution in [1.82, 2.24) is 13.7 Å². The molecule has 0 unspecified atom stereocenters. The predicted molar refractivity (Wildman–Crippen MR) is 232 cm³/mol. The van der Waals surface area contributed by atoms with Crippen molar-refractivity contribution in [2.75, 3.05) is 0 Å². The molecule has 3 aromatic heterocycles. The maximum absolute atomic E-state index is 10.5. The van der Waals surface area contributed by atoms with Crippen LogP contribution in [0.1, 0.15) is 5.56 Å². The summed E-state index contributed by atoms with van der Waals surface area (Å²) in [5.41, 5.74) is 12.2. The Labute approximate surface area is 327 Å². The number of hydrogen-bond acceptors (Lipinski definition) is 1. The first kappa shape index (κ1) is 32.1. The van der Waals surface area contributed by atoms with Gasteiger partial charge in [0.15, 0.2) is 11.4 Å². The van der Waals surface area contributed by atoms with Crippen molar-refractivity contribution >= 4 is 76.8 Å². The average molecular weight is 725 g/mol. The van der Waals surface area contributed by atoms with Gasteiger partial charge in [0.05, 0.1) is 57.9 Å². The SMILES string of the molecule is [C-]#[N+]c1cc(-c2cc(C#N)cc(-n3c4ccccc4c4ccc(-n5c6ccccc6c6ccccc65)cc43)c2)cc(-n2c3ccccc3c3cc([N+]#[C-])ccc32)c1. The van der Waals surface area contributed by atoms with Crippen LogP contribution in [0.2, 0.25) is 0 Å². The van der Waals surface area contributed by atoms with E-state index in [1.54, 1.807) is 0 Å². The van der Waals surface area contributed by atoms with Gasteiger partial charge in [-0.15, -0.1) is 0 Å². The highest BCUT2D eigenvalue weighted by Crippen LogP contribution is 2.40. The van der Waals surface area contributed by atoms with Crippen LogP contribution in [0.25, 0.3) is 103 Å². The first-order valence-corrected chi connectivity index (χ1v) is 18.6. The van der Waals surface area contributed by atoms with Crippen LogP contribution >= 0.6 is 0 Å². The fraction of sp³-hybridized carbons (Fsp3) is 0. The van der Waals surface area contributed by atoms with E-state index in [0.29, 0.717) is 16.9 Å². The van der Waals surface area contributed by atoms with Crippen LogP contribution < -0.4 is 0 Å². The van der Waals surface area contributed by atoms with E-state index in [1.807, 2.05) is 54.6 Å². The van der Waals surface area contributed by atoms with E-state index in [1.165, 1.54) is 10.8 Å². The molecule has 0 bridgehead atoms. The molecule has 0 saturated carbocycles. The van der Waals surface area contributed by atoms with Crippen LogP contribution in [0, 0.1) is 24.5 Å². The lowest BCUT2D eigenvalue weighted by Gasteiger charge is -2.15. The number of benzene rings is 8. The van der Waals surface area contributed by atoms with Crippen molar-refractivity contribution in [2.24, 2.45) is 0 Å². The van der Waals surface area contributed by atoms with Crippen molar-refractivity contribution in [3.05, 3.63) is 198 Å². The molecule has 57 heavy (non-hydrogen) atoms. The summed E-state index contributed by atoms with van der Waals surface area (Å²) in [4.78, 5) is 7.60. The van der Waals surface area contributed by atoms with Crippen LogP contribution in [-0.4, -0.2) is 13.7 Å². The fourth-order valence-corrected chi connectivity index (χ4v) is 8.81. The highest BCUT2D eigenvalue weighted by Gasteiger charge is 2.19. The third-order valence-corrected chi connectivity index (χ3v) is 11.2. The molecule has 0 aliphatic rings. The molecule has 11 rings (SSSR count). The molecule has 0 saturated heterocycles. The van der Waals surface area contributed by atoms with Crippen LogP contribution in [0.4, 0.5) is 11.4 Å². The summed E-state index contributed by atoms with van der Waals surface area (Å²) in [6.07, 6.45) is 0. The van der Waals surface area contributed by atoms with Crippen molar-refractivity contribution in [3.8, 4) is 34.3 Å². The molecule has 6 nitrogen and oxygen atoms in total. The van der Waals surface area contributed by atoms with Gasteiger partial charge in [0.2, 0.25) is 0 Å². The summed E-state index contributed by atoms with van der Waals surface area (Å²) >= 11 is 0. The molecule has 3 heterocycles. The smallest absolute Gasteiger partial charge is 0.189 e. The maximum atomic E-state index is 10.5. The number of aromatic nitrogens is 3. The topological polar surface area (TPSA) is 47.3 Å². The second-order valence-electron chi connectivity index (χ2n) is 14.3. The molecule has 262 valence electrons. The van der Waals surface area contributed by atoms with Gasteiger partial charge in [-0.2, -0.15) is 5.26 Å². The molecule has 0 spiro atoms.